The highest BCUT2D eigenvalue weighted by Crippen LogP contribution is 2.21. The van der Waals surface area contributed by atoms with E-state index in [4.69, 9.17) is 11.1 Å². The molecule has 0 spiro atoms. The number of anilines is 2. The fourth-order valence-electron chi connectivity index (χ4n) is 1.97. The predicted molar refractivity (Wildman–Crippen MR) is 79.1 cm³/mol. The molecule has 0 aliphatic carbocycles. The fraction of sp³-hybridized carbons (Fsp3) is 0.0769. The van der Waals surface area contributed by atoms with Gasteiger partial charge in [0.05, 0.1) is 0 Å². The van der Waals surface area contributed by atoms with Crippen LogP contribution in [0.5, 0.6) is 0 Å². The number of aromatic amines is 1. The molecular formula is C13H13N7O. The summed E-state index contributed by atoms with van der Waals surface area (Å²) in [6.45, 7) is 0. The zero-order chi connectivity index (χ0) is 15.0. The largest absolute Gasteiger partial charge is 0.384 e. The van der Waals surface area contributed by atoms with E-state index in [-0.39, 0.29) is 11.5 Å². The molecule has 3 rings (SSSR count). The summed E-state index contributed by atoms with van der Waals surface area (Å²) in [5.74, 6) is 0.621. The van der Waals surface area contributed by atoms with E-state index in [1.165, 1.54) is 4.52 Å². The first kappa shape index (κ1) is 12.9. The van der Waals surface area contributed by atoms with Gasteiger partial charge in [0, 0.05) is 18.3 Å². The quantitative estimate of drug-likeness (QED) is 0.477. The van der Waals surface area contributed by atoms with Gasteiger partial charge in [0.25, 0.3) is 0 Å². The van der Waals surface area contributed by atoms with Crippen molar-refractivity contribution in [2.45, 2.75) is 0 Å². The van der Waals surface area contributed by atoms with Gasteiger partial charge < -0.3 is 10.6 Å². The third-order valence-electron chi connectivity index (χ3n) is 3.17. The molecule has 0 aliphatic rings. The maximum atomic E-state index is 11.5. The van der Waals surface area contributed by atoms with Crippen molar-refractivity contribution in [3.8, 4) is 0 Å². The van der Waals surface area contributed by atoms with E-state index in [9.17, 15) is 4.79 Å². The molecule has 0 radical (unpaired) electrons. The van der Waals surface area contributed by atoms with E-state index in [1.54, 1.807) is 24.3 Å². The fourth-order valence-corrected chi connectivity index (χ4v) is 1.97. The standard InChI is InChI=1S/C13H13N7O/c1-19(9-4-2-8(3-5-9)12(14)15)11-7-6-10-16-17-13(21)20(10)18-11/h2-7H,1H3,(H3,14,15)(H,17,21). The summed E-state index contributed by atoms with van der Waals surface area (Å²) >= 11 is 0. The zero-order valence-corrected chi connectivity index (χ0v) is 11.2. The molecule has 8 nitrogen and oxygen atoms in total. The van der Waals surface area contributed by atoms with Gasteiger partial charge in [-0.15, -0.1) is 5.10 Å². The molecule has 0 bridgehead atoms. The van der Waals surface area contributed by atoms with E-state index in [0.29, 0.717) is 17.0 Å². The topological polar surface area (TPSA) is 116 Å². The van der Waals surface area contributed by atoms with E-state index in [2.05, 4.69) is 15.3 Å². The molecule has 8 heteroatoms. The normalized spacial score (nSPS) is 10.7. The Morgan fingerprint density at radius 1 is 1.29 bits per heavy atom. The molecule has 4 N–H and O–H groups in total. The SMILES string of the molecule is CN(c1ccc(C(=N)N)cc1)c1ccc2n[nH]c(=O)n2n1. The molecule has 0 atom stereocenters. The predicted octanol–water partition coefficient (Wildman–Crippen LogP) is 0.470. The van der Waals surface area contributed by atoms with Crippen molar-refractivity contribution < 1.29 is 0 Å². The summed E-state index contributed by atoms with van der Waals surface area (Å²) in [7, 11) is 1.84. The van der Waals surface area contributed by atoms with Crippen LogP contribution in [0.25, 0.3) is 5.65 Å². The van der Waals surface area contributed by atoms with Gasteiger partial charge in [-0.2, -0.15) is 9.61 Å². The first-order chi connectivity index (χ1) is 10.1. The Hall–Kier alpha value is -3.16. The van der Waals surface area contributed by atoms with Gasteiger partial charge in [-0.05, 0) is 36.4 Å². The lowest BCUT2D eigenvalue weighted by atomic mass is 10.2. The Kier molecular flexibility index (Phi) is 2.90. The number of nitrogens with one attached hydrogen (secondary N) is 2. The van der Waals surface area contributed by atoms with Crippen LogP contribution in [0.2, 0.25) is 0 Å². The highest BCUT2D eigenvalue weighted by Gasteiger charge is 2.09. The van der Waals surface area contributed by atoms with Gasteiger partial charge in [-0.25, -0.2) is 9.89 Å². The summed E-state index contributed by atoms with van der Waals surface area (Å²) in [6, 6.07) is 10.7. The summed E-state index contributed by atoms with van der Waals surface area (Å²) < 4.78 is 1.20. The molecule has 0 amide bonds. The van der Waals surface area contributed by atoms with Crippen LogP contribution >= 0.6 is 0 Å². The molecule has 0 aliphatic heterocycles. The van der Waals surface area contributed by atoms with Crippen LogP contribution in [0.4, 0.5) is 11.5 Å². The molecule has 106 valence electrons. The molecule has 0 saturated carbocycles. The Labute approximate surface area is 119 Å². The number of hydrogen-bond acceptors (Lipinski definition) is 5. The van der Waals surface area contributed by atoms with Crippen LogP contribution in [0.3, 0.4) is 0 Å². The maximum absolute atomic E-state index is 11.5. The number of nitrogens with zero attached hydrogens (tertiary/aromatic N) is 4. The van der Waals surface area contributed by atoms with Gasteiger partial charge in [-0.1, -0.05) is 0 Å². The molecule has 0 saturated heterocycles. The smallest absolute Gasteiger partial charge is 0.364 e. The highest BCUT2D eigenvalue weighted by molar-refractivity contribution is 5.95. The molecule has 2 heterocycles. The molecule has 0 fully saturated rings. The summed E-state index contributed by atoms with van der Waals surface area (Å²) in [4.78, 5) is 13.4. The van der Waals surface area contributed by atoms with Gasteiger partial charge in [0.2, 0.25) is 0 Å². The van der Waals surface area contributed by atoms with Crippen molar-refractivity contribution in [1.82, 2.24) is 19.8 Å². The van der Waals surface area contributed by atoms with Crippen LogP contribution in [-0.4, -0.2) is 32.7 Å². The second-order valence-electron chi connectivity index (χ2n) is 4.51. The minimum atomic E-state index is -0.382. The van der Waals surface area contributed by atoms with Gasteiger partial charge in [-0.3, -0.25) is 5.41 Å². The monoisotopic (exact) mass is 283 g/mol. The van der Waals surface area contributed by atoms with Crippen molar-refractivity contribution in [2.24, 2.45) is 5.73 Å². The van der Waals surface area contributed by atoms with Crippen LogP contribution in [0.15, 0.2) is 41.2 Å². The summed E-state index contributed by atoms with van der Waals surface area (Å²) in [5, 5.41) is 17.8. The first-order valence-corrected chi connectivity index (χ1v) is 6.19. The van der Waals surface area contributed by atoms with E-state index >= 15 is 0 Å². The number of amidine groups is 1. The minimum absolute atomic E-state index is 0.0219. The lowest BCUT2D eigenvalue weighted by molar-refractivity contribution is 0.867. The zero-order valence-electron chi connectivity index (χ0n) is 11.2. The summed E-state index contributed by atoms with van der Waals surface area (Å²) in [5.41, 5.74) is 7.03. The van der Waals surface area contributed by atoms with Crippen LogP contribution in [0, 0.1) is 5.41 Å². The van der Waals surface area contributed by atoms with E-state index in [0.717, 1.165) is 5.69 Å². The van der Waals surface area contributed by atoms with Crippen LogP contribution < -0.4 is 16.3 Å². The number of fused-ring (bicyclic) bond motifs is 1. The Morgan fingerprint density at radius 2 is 2.00 bits per heavy atom. The Morgan fingerprint density at radius 3 is 2.67 bits per heavy atom. The van der Waals surface area contributed by atoms with Gasteiger partial charge >= 0.3 is 5.69 Å². The lowest BCUT2D eigenvalue weighted by Gasteiger charge is -2.18. The van der Waals surface area contributed by atoms with Crippen molar-refractivity contribution in [1.29, 1.82) is 5.41 Å². The third kappa shape index (κ3) is 2.22. The second-order valence-corrected chi connectivity index (χ2v) is 4.51. The van der Waals surface area contributed by atoms with Crippen molar-refractivity contribution in [3.05, 3.63) is 52.4 Å². The maximum Gasteiger partial charge on any atom is 0.364 e. The molecular weight excluding hydrogens is 270 g/mol. The van der Waals surface area contributed by atoms with Crippen molar-refractivity contribution in [3.63, 3.8) is 0 Å². The number of H-pyrrole nitrogens is 1. The van der Waals surface area contributed by atoms with Crippen LogP contribution in [-0.2, 0) is 0 Å². The first-order valence-electron chi connectivity index (χ1n) is 6.19. The number of rotatable bonds is 3. The van der Waals surface area contributed by atoms with Crippen molar-refractivity contribution in [2.75, 3.05) is 11.9 Å². The third-order valence-corrected chi connectivity index (χ3v) is 3.17. The average Bonchev–Trinajstić information content (AvgIpc) is 2.87. The van der Waals surface area contributed by atoms with E-state index in [1.807, 2.05) is 24.1 Å². The second kappa shape index (κ2) is 4.75. The van der Waals surface area contributed by atoms with Gasteiger partial charge in [0.1, 0.15) is 5.84 Å². The number of nitrogens with two attached hydrogens (primary N) is 1. The Bertz CT molecular complexity index is 862. The van der Waals surface area contributed by atoms with Crippen LogP contribution in [0.1, 0.15) is 5.56 Å². The van der Waals surface area contributed by atoms with E-state index < -0.39 is 0 Å². The van der Waals surface area contributed by atoms with Crippen molar-refractivity contribution >= 4 is 23.0 Å². The summed E-state index contributed by atoms with van der Waals surface area (Å²) in [6.07, 6.45) is 0. The molecule has 3 aromatic rings. The highest BCUT2D eigenvalue weighted by atomic mass is 16.2. The number of nitrogen functional groups attached to an aromatic ring is 1. The average molecular weight is 283 g/mol. The number of benzene rings is 1. The lowest BCUT2D eigenvalue weighted by Crippen LogP contribution is -2.17. The van der Waals surface area contributed by atoms with Gasteiger partial charge in [0.15, 0.2) is 11.5 Å². The molecule has 2 aromatic heterocycles. The Balaban J connectivity index is 1.99. The number of hydrogen-bond donors (Lipinski definition) is 3. The molecule has 21 heavy (non-hydrogen) atoms. The minimum Gasteiger partial charge on any atom is -0.384 e. The molecule has 1 aromatic carbocycles. The molecule has 0 unspecified atom stereocenters. The number of aromatic nitrogens is 4.